The first kappa shape index (κ1) is 11.7. The second-order valence-electron chi connectivity index (χ2n) is 5.27. The van der Waals surface area contributed by atoms with E-state index in [2.05, 4.69) is 29.3 Å². The van der Waals surface area contributed by atoms with Crippen LogP contribution < -0.4 is 11.3 Å². The van der Waals surface area contributed by atoms with E-state index in [1.54, 1.807) is 0 Å². The Hall–Kier alpha value is -0.770. The Bertz CT molecular complexity index is 260. The minimum absolute atomic E-state index is 0.521. The molecule has 0 radical (unpaired) electrons. The van der Waals surface area contributed by atoms with Crippen LogP contribution in [0.25, 0.3) is 0 Å². The van der Waals surface area contributed by atoms with Gasteiger partial charge in [-0.3, -0.25) is 5.43 Å². The third-order valence-electron chi connectivity index (χ3n) is 3.88. The van der Waals surface area contributed by atoms with Crippen LogP contribution in [0.2, 0.25) is 0 Å². The molecule has 2 saturated carbocycles. The number of hydrogen-bond donors (Lipinski definition) is 2. The second kappa shape index (κ2) is 5.04. The van der Waals surface area contributed by atoms with Crippen LogP contribution in [0.4, 0.5) is 0 Å². The van der Waals surface area contributed by atoms with Gasteiger partial charge in [0.25, 0.3) is 0 Å². The lowest BCUT2D eigenvalue weighted by atomic mass is 9.85. The number of aliphatic imine (C=N–C) groups is 1. The predicted octanol–water partition coefficient (Wildman–Crippen LogP) is 1.48. The summed E-state index contributed by atoms with van der Waals surface area (Å²) in [6.07, 6.45) is 7.75. The van der Waals surface area contributed by atoms with Gasteiger partial charge in [0.1, 0.15) is 0 Å². The summed E-state index contributed by atoms with van der Waals surface area (Å²) >= 11 is 0. The van der Waals surface area contributed by atoms with Gasteiger partial charge in [0, 0.05) is 13.1 Å². The van der Waals surface area contributed by atoms with Crippen molar-refractivity contribution in [1.29, 1.82) is 0 Å². The van der Waals surface area contributed by atoms with E-state index in [0.29, 0.717) is 12.1 Å². The highest BCUT2D eigenvalue weighted by atomic mass is 15.4. The van der Waals surface area contributed by atoms with Gasteiger partial charge in [-0.05, 0) is 31.6 Å². The Labute approximate surface area is 98.3 Å². The number of nitrogens with two attached hydrogens (primary N) is 1. The third-order valence-corrected chi connectivity index (χ3v) is 3.88. The lowest BCUT2D eigenvalue weighted by Gasteiger charge is -2.37. The SMILES string of the molecule is CC1CCCCC1N(C)C(=NC1CC1)NN. The van der Waals surface area contributed by atoms with Crippen molar-refractivity contribution in [2.24, 2.45) is 16.8 Å². The minimum atomic E-state index is 0.521. The Morgan fingerprint density at radius 1 is 1.25 bits per heavy atom. The van der Waals surface area contributed by atoms with Crippen molar-refractivity contribution in [3.8, 4) is 0 Å². The molecule has 0 amide bonds. The summed E-state index contributed by atoms with van der Waals surface area (Å²) in [5.74, 6) is 7.20. The monoisotopic (exact) mass is 224 g/mol. The van der Waals surface area contributed by atoms with Gasteiger partial charge in [-0.25, -0.2) is 10.8 Å². The molecule has 2 aliphatic carbocycles. The number of nitrogens with zero attached hydrogens (tertiary/aromatic N) is 2. The van der Waals surface area contributed by atoms with Gasteiger partial charge >= 0.3 is 0 Å². The van der Waals surface area contributed by atoms with Crippen molar-refractivity contribution >= 4 is 5.96 Å². The smallest absolute Gasteiger partial charge is 0.208 e. The number of nitrogens with one attached hydrogen (secondary N) is 1. The Morgan fingerprint density at radius 2 is 1.94 bits per heavy atom. The molecule has 2 atom stereocenters. The van der Waals surface area contributed by atoms with Crippen LogP contribution in [0.3, 0.4) is 0 Å². The highest BCUT2D eigenvalue weighted by molar-refractivity contribution is 5.79. The van der Waals surface area contributed by atoms with E-state index in [0.717, 1.165) is 11.9 Å². The predicted molar refractivity (Wildman–Crippen MR) is 67.0 cm³/mol. The van der Waals surface area contributed by atoms with E-state index in [1.165, 1.54) is 38.5 Å². The highest BCUT2D eigenvalue weighted by Gasteiger charge is 2.28. The van der Waals surface area contributed by atoms with Crippen LogP contribution in [-0.2, 0) is 0 Å². The molecule has 2 aliphatic rings. The molecule has 16 heavy (non-hydrogen) atoms. The fourth-order valence-corrected chi connectivity index (χ4v) is 2.64. The molecule has 0 aromatic rings. The topological polar surface area (TPSA) is 53.6 Å². The number of guanidine groups is 1. The normalized spacial score (nSPS) is 31.3. The summed E-state index contributed by atoms with van der Waals surface area (Å²) in [5.41, 5.74) is 2.77. The van der Waals surface area contributed by atoms with Crippen LogP contribution in [0, 0.1) is 5.92 Å². The largest absolute Gasteiger partial charge is 0.342 e. The highest BCUT2D eigenvalue weighted by Crippen LogP contribution is 2.28. The van der Waals surface area contributed by atoms with E-state index >= 15 is 0 Å². The van der Waals surface area contributed by atoms with E-state index in [4.69, 9.17) is 5.84 Å². The fraction of sp³-hybridized carbons (Fsp3) is 0.917. The first-order valence-electron chi connectivity index (χ1n) is 6.49. The standard InChI is InChI=1S/C12H24N4/c1-9-5-3-4-6-11(9)16(2)12(15-13)14-10-7-8-10/h9-11H,3-8,13H2,1-2H3,(H,14,15). The van der Waals surface area contributed by atoms with Gasteiger partial charge in [-0.1, -0.05) is 19.8 Å². The maximum Gasteiger partial charge on any atom is 0.208 e. The van der Waals surface area contributed by atoms with Crippen molar-refractivity contribution in [2.45, 2.75) is 57.5 Å². The lowest BCUT2D eigenvalue weighted by Crippen LogP contribution is -2.50. The summed E-state index contributed by atoms with van der Waals surface area (Å²) in [5, 5.41) is 0. The fourth-order valence-electron chi connectivity index (χ4n) is 2.64. The molecule has 4 heteroatoms. The summed E-state index contributed by atoms with van der Waals surface area (Å²) in [7, 11) is 2.12. The van der Waals surface area contributed by atoms with E-state index in [9.17, 15) is 0 Å². The van der Waals surface area contributed by atoms with Gasteiger partial charge in [0.15, 0.2) is 0 Å². The molecular weight excluding hydrogens is 200 g/mol. The van der Waals surface area contributed by atoms with Gasteiger partial charge < -0.3 is 4.90 Å². The summed E-state index contributed by atoms with van der Waals surface area (Å²) in [6, 6.07) is 1.12. The van der Waals surface area contributed by atoms with Crippen LogP contribution in [0.5, 0.6) is 0 Å². The molecule has 2 unspecified atom stereocenters. The zero-order valence-electron chi connectivity index (χ0n) is 10.4. The molecular formula is C12H24N4. The quantitative estimate of drug-likeness (QED) is 0.323. The molecule has 0 aromatic heterocycles. The maximum atomic E-state index is 5.58. The summed E-state index contributed by atoms with van der Waals surface area (Å²) < 4.78 is 0. The van der Waals surface area contributed by atoms with Crippen molar-refractivity contribution < 1.29 is 0 Å². The van der Waals surface area contributed by atoms with Gasteiger partial charge in [-0.15, -0.1) is 0 Å². The molecule has 3 N–H and O–H groups in total. The van der Waals surface area contributed by atoms with Crippen molar-refractivity contribution in [1.82, 2.24) is 10.3 Å². The van der Waals surface area contributed by atoms with Crippen molar-refractivity contribution in [3.05, 3.63) is 0 Å². The molecule has 2 rings (SSSR count). The molecule has 0 aromatic carbocycles. The first-order chi connectivity index (χ1) is 7.72. The molecule has 0 saturated heterocycles. The average molecular weight is 224 g/mol. The molecule has 0 aliphatic heterocycles. The zero-order valence-corrected chi connectivity index (χ0v) is 10.4. The van der Waals surface area contributed by atoms with Gasteiger partial charge in [-0.2, -0.15) is 0 Å². The van der Waals surface area contributed by atoms with Crippen LogP contribution in [0.1, 0.15) is 45.4 Å². The second-order valence-corrected chi connectivity index (χ2v) is 5.27. The maximum absolute atomic E-state index is 5.58. The molecule has 0 bridgehead atoms. The number of rotatable bonds is 2. The van der Waals surface area contributed by atoms with E-state index in [-0.39, 0.29) is 0 Å². The minimum Gasteiger partial charge on any atom is -0.342 e. The average Bonchev–Trinajstić information content (AvgIpc) is 3.09. The number of hydrogen-bond acceptors (Lipinski definition) is 2. The summed E-state index contributed by atoms with van der Waals surface area (Å²) in [6.45, 7) is 2.34. The Balaban J connectivity index is 2.00. The molecule has 0 spiro atoms. The van der Waals surface area contributed by atoms with Crippen LogP contribution >= 0.6 is 0 Å². The van der Waals surface area contributed by atoms with E-state index in [1.807, 2.05) is 0 Å². The van der Waals surface area contributed by atoms with Crippen LogP contribution in [0.15, 0.2) is 4.99 Å². The zero-order chi connectivity index (χ0) is 11.5. The van der Waals surface area contributed by atoms with Gasteiger partial charge in [0.2, 0.25) is 5.96 Å². The lowest BCUT2D eigenvalue weighted by molar-refractivity contribution is 0.200. The first-order valence-corrected chi connectivity index (χ1v) is 6.49. The Morgan fingerprint density at radius 3 is 2.50 bits per heavy atom. The molecule has 0 heterocycles. The molecule has 4 nitrogen and oxygen atoms in total. The van der Waals surface area contributed by atoms with Crippen molar-refractivity contribution in [2.75, 3.05) is 7.05 Å². The van der Waals surface area contributed by atoms with Gasteiger partial charge in [0.05, 0.1) is 6.04 Å². The summed E-state index contributed by atoms with van der Waals surface area (Å²) in [4.78, 5) is 6.87. The van der Waals surface area contributed by atoms with Crippen molar-refractivity contribution in [3.63, 3.8) is 0 Å². The van der Waals surface area contributed by atoms with Crippen LogP contribution in [-0.4, -0.2) is 30.0 Å². The Kier molecular flexibility index (Phi) is 3.69. The van der Waals surface area contributed by atoms with E-state index < -0.39 is 0 Å². The third kappa shape index (κ3) is 2.67. The molecule has 92 valence electrons. The number of hydrazine groups is 1. The molecule has 2 fully saturated rings.